The Bertz CT molecular complexity index is 799. The summed E-state index contributed by atoms with van der Waals surface area (Å²) in [5.74, 6) is 0. The summed E-state index contributed by atoms with van der Waals surface area (Å²) in [5, 5.41) is 3.50. The van der Waals surface area contributed by atoms with Crippen molar-refractivity contribution < 1.29 is 8.42 Å². The number of hydrogen-bond donors (Lipinski definition) is 2. The van der Waals surface area contributed by atoms with Gasteiger partial charge in [0.1, 0.15) is 4.90 Å². The second kappa shape index (κ2) is 5.91. The lowest BCUT2D eigenvalue weighted by atomic mass is 10.00. The minimum absolute atomic E-state index is 0.137. The predicted molar refractivity (Wildman–Crippen MR) is 88.9 cm³/mol. The second-order valence-corrected chi connectivity index (χ2v) is 7.39. The van der Waals surface area contributed by atoms with Gasteiger partial charge in [-0.05, 0) is 48.7 Å². The van der Waals surface area contributed by atoms with Crippen LogP contribution in [0.25, 0.3) is 0 Å². The van der Waals surface area contributed by atoms with E-state index in [1.54, 1.807) is 31.2 Å². The summed E-state index contributed by atoms with van der Waals surface area (Å²) < 4.78 is 28.1. The van der Waals surface area contributed by atoms with E-state index in [2.05, 4.69) is 10.0 Å². The minimum atomic E-state index is -3.72. The summed E-state index contributed by atoms with van der Waals surface area (Å²) in [7, 11) is -3.72. The smallest absolute Gasteiger partial charge is 0.263 e. The van der Waals surface area contributed by atoms with Crippen molar-refractivity contribution in [3.8, 4) is 0 Å². The number of sulfonamides is 1. The maximum Gasteiger partial charge on any atom is 0.263 e. The van der Waals surface area contributed by atoms with Gasteiger partial charge in [-0.25, -0.2) is 8.42 Å². The molecule has 2 aromatic rings. The fourth-order valence-electron chi connectivity index (χ4n) is 2.76. The highest BCUT2D eigenvalue weighted by Crippen LogP contribution is 2.29. The quantitative estimate of drug-likeness (QED) is 0.905. The van der Waals surface area contributed by atoms with Gasteiger partial charge in [0.05, 0.1) is 10.7 Å². The molecule has 0 spiro atoms. The van der Waals surface area contributed by atoms with E-state index in [1.807, 2.05) is 12.1 Å². The summed E-state index contributed by atoms with van der Waals surface area (Å²) in [6.45, 7) is 3.31. The monoisotopic (exact) mass is 336 g/mol. The molecule has 2 N–H and O–H groups in total. The summed E-state index contributed by atoms with van der Waals surface area (Å²) in [6.07, 6.45) is 0.899. The molecular formula is C16H17ClN2O2S. The van der Waals surface area contributed by atoms with Crippen LogP contribution in [0.4, 0.5) is 5.69 Å². The largest absolute Gasteiger partial charge is 0.312 e. The van der Waals surface area contributed by atoms with E-state index in [1.165, 1.54) is 5.56 Å². The topological polar surface area (TPSA) is 58.2 Å². The molecule has 0 bridgehead atoms. The molecule has 6 heteroatoms. The number of rotatable bonds is 3. The molecule has 0 amide bonds. The molecule has 1 heterocycles. The zero-order valence-electron chi connectivity index (χ0n) is 12.2. The Morgan fingerprint density at radius 2 is 1.95 bits per heavy atom. The predicted octanol–water partition coefficient (Wildman–Crippen LogP) is 3.09. The molecule has 0 aromatic heterocycles. The summed E-state index contributed by atoms with van der Waals surface area (Å²) >= 11 is 6.09. The molecule has 0 radical (unpaired) electrons. The van der Waals surface area contributed by atoms with Crippen molar-refractivity contribution in [3.05, 3.63) is 58.1 Å². The fraction of sp³-hybridized carbons (Fsp3) is 0.250. The fourth-order valence-corrected chi connectivity index (χ4v) is 4.69. The summed E-state index contributed by atoms with van der Waals surface area (Å²) in [4.78, 5) is 0.137. The molecular weight excluding hydrogens is 320 g/mol. The van der Waals surface area contributed by atoms with Crippen molar-refractivity contribution in [2.24, 2.45) is 0 Å². The van der Waals surface area contributed by atoms with Gasteiger partial charge in [0, 0.05) is 6.54 Å². The summed E-state index contributed by atoms with van der Waals surface area (Å²) in [5.41, 5.74) is 3.42. The lowest BCUT2D eigenvalue weighted by Gasteiger charge is -2.21. The van der Waals surface area contributed by atoms with Crippen molar-refractivity contribution in [1.29, 1.82) is 0 Å². The van der Waals surface area contributed by atoms with Gasteiger partial charge in [-0.3, -0.25) is 4.72 Å². The molecule has 1 aliphatic heterocycles. The Morgan fingerprint density at radius 3 is 2.73 bits per heavy atom. The first-order chi connectivity index (χ1) is 10.5. The molecule has 116 valence electrons. The number of nitrogens with one attached hydrogen (secondary N) is 2. The van der Waals surface area contributed by atoms with Crippen LogP contribution in [0.1, 0.15) is 16.7 Å². The Balaban J connectivity index is 2.03. The van der Waals surface area contributed by atoms with Gasteiger partial charge in [-0.15, -0.1) is 0 Å². The minimum Gasteiger partial charge on any atom is -0.312 e. The Labute approximate surface area is 135 Å². The zero-order chi connectivity index (χ0) is 15.7. The van der Waals surface area contributed by atoms with Gasteiger partial charge in [0.15, 0.2) is 0 Å². The van der Waals surface area contributed by atoms with Crippen molar-refractivity contribution >= 4 is 27.3 Å². The lowest BCUT2D eigenvalue weighted by Crippen LogP contribution is -2.25. The van der Waals surface area contributed by atoms with Crippen LogP contribution in [0.15, 0.2) is 41.3 Å². The van der Waals surface area contributed by atoms with E-state index in [0.29, 0.717) is 17.8 Å². The van der Waals surface area contributed by atoms with E-state index < -0.39 is 10.0 Å². The highest BCUT2D eigenvalue weighted by Gasteiger charge is 2.22. The van der Waals surface area contributed by atoms with Gasteiger partial charge >= 0.3 is 0 Å². The standard InChI is InChI=1S/C16H17ClN2O2S/c1-11-4-2-6-14(17)16(11)22(20,21)19-15-7-3-5-12-8-9-18-10-13(12)15/h2-7,18-19H,8-10H2,1H3. The van der Waals surface area contributed by atoms with Crippen LogP contribution in [0, 0.1) is 6.92 Å². The molecule has 0 aliphatic carbocycles. The van der Waals surface area contributed by atoms with Gasteiger partial charge in [-0.2, -0.15) is 0 Å². The number of halogens is 1. The van der Waals surface area contributed by atoms with E-state index in [0.717, 1.165) is 18.5 Å². The Hall–Kier alpha value is -1.56. The van der Waals surface area contributed by atoms with Gasteiger partial charge < -0.3 is 5.32 Å². The molecule has 0 unspecified atom stereocenters. The summed E-state index contributed by atoms with van der Waals surface area (Å²) in [6, 6.07) is 10.8. The first-order valence-corrected chi connectivity index (χ1v) is 8.94. The molecule has 0 fully saturated rings. The van der Waals surface area contributed by atoms with E-state index in [4.69, 9.17) is 11.6 Å². The molecule has 22 heavy (non-hydrogen) atoms. The average molecular weight is 337 g/mol. The van der Waals surface area contributed by atoms with Gasteiger partial charge in [-0.1, -0.05) is 35.9 Å². The highest BCUT2D eigenvalue weighted by molar-refractivity contribution is 7.92. The number of aryl methyl sites for hydroxylation is 1. The zero-order valence-corrected chi connectivity index (χ0v) is 13.8. The Morgan fingerprint density at radius 1 is 1.18 bits per heavy atom. The number of benzene rings is 2. The van der Waals surface area contributed by atoms with Crippen LogP contribution < -0.4 is 10.0 Å². The first kappa shape index (κ1) is 15.3. The van der Waals surface area contributed by atoms with E-state index in [-0.39, 0.29) is 9.92 Å². The molecule has 0 saturated carbocycles. The van der Waals surface area contributed by atoms with Gasteiger partial charge in [0.2, 0.25) is 0 Å². The van der Waals surface area contributed by atoms with Crippen LogP contribution in [-0.4, -0.2) is 15.0 Å². The normalized spacial score (nSPS) is 14.5. The third kappa shape index (κ3) is 2.84. The maximum absolute atomic E-state index is 12.7. The van der Waals surface area contributed by atoms with Crippen LogP contribution in [0.2, 0.25) is 5.02 Å². The molecule has 2 aromatic carbocycles. The number of anilines is 1. The van der Waals surface area contributed by atoms with Crippen molar-refractivity contribution in [1.82, 2.24) is 5.32 Å². The van der Waals surface area contributed by atoms with E-state index in [9.17, 15) is 8.42 Å². The molecule has 1 aliphatic rings. The van der Waals surface area contributed by atoms with Gasteiger partial charge in [0.25, 0.3) is 10.0 Å². The first-order valence-electron chi connectivity index (χ1n) is 7.08. The van der Waals surface area contributed by atoms with Crippen molar-refractivity contribution in [3.63, 3.8) is 0 Å². The molecule has 0 atom stereocenters. The highest BCUT2D eigenvalue weighted by atomic mass is 35.5. The third-order valence-electron chi connectivity index (χ3n) is 3.82. The molecule has 0 saturated heterocycles. The molecule has 4 nitrogen and oxygen atoms in total. The van der Waals surface area contributed by atoms with Crippen molar-refractivity contribution in [2.75, 3.05) is 11.3 Å². The Kier molecular flexibility index (Phi) is 4.12. The van der Waals surface area contributed by atoms with Crippen LogP contribution in [0.3, 0.4) is 0 Å². The van der Waals surface area contributed by atoms with Crippen molar-refractivity contribution in [2.45, 2.75) is 24.8 Å². The SMILES string of the molecule is Cc1cccc(Cl)c1S(=O)(=O)Nc1cccc2c1CNCC2. The second-order valence-electron chi connectivity index (χ2n) is 5.36. The lowest BCUT2D eigenvalue weighted by molar-refractivity contribution is 0.600. The molecule has 3 rings (SSSR count). The number of fused-ring (bicyclic) bond motifs is 1. The van der Waals surface area contributed by atoms with Crippen LogP contribution >= 0.6 is 11.6 Å². The van der Waals surface area contributed by atoms with Crippen LogP contribution in [0.5, 0.6) is 0 Å². The third-order valence-corrected chi connectivity index (χ3v) is 5.82. The van der Waals surface area contributed by atoms with Crippen LogP contribution in [-0.2, 0) is 23.0 Å². The van der Waals surface area contributed by atoms with E-state index >= 15 is 0 Å². The average Bonchev–Trinajstić information content (AvgIpc) is 2.47. The number of hydrogen-bond acceptors (Lipinski definition) is 3. The maximum atomic E-state index is 12.7.